The Kier molecular flexibility index (Phi) is 5.63. The molecule has 0 aromatic carbocycles. The highest BCUT2D eigenvalue weighted by Gasteiger charge is 2.61. The first-order valence-corrected chi connectivity index (χ1v) is 12.5. The third-order valence-electron chi connectivity index (χ3n) is 11.1. The smallest absolute Gasteiger partial charge is 0.219 e. The largest absolute Gasteiger partial charge is 0.343 e. The van der Waals surface area contributed by atoms with Gasteiger partial charge in [0, 0.05) is 26.1 Å². The van der Waals surface area contributed by atoms with E-state index in [0.29, 0.717) is 22.8 Å². The summed E-state index contributed by atoms with van der Waals surface area (Å²) in [4.78, 5) is 16.5. The summed E-state index contributed by atoms with van der Waals surface area (Å²) in [5.41, 5.74) is 1.02. The highest BCUT2D eigenvalue weighted by Crippen LogP contribution is 2.68. The first-order valence-electron chi connectivity index (χ1n) is 12.5. The minimum Gasteiger partial charge on any atom is -0.343 e. The predicted octanol–water partition coefficient (Wildman–Crippen LogP) is 5.44. The molecule has 0 saturated heterocycles. The normalized spacial score (nSPS) is 47.9. The molecule has 0 radical (unpaired) electrons. The number of hydrogen-bond donors (Lipinski definition) is 0. The van der Waals surface area contributed by atoms with Crippen molar-refractivity contribution in [3.05, 3.63) is 0 Å². The predicted molar refractivity (Wildman–Crippen MR) is 121 cm³/mol. The van der Waals surface area contributed by atoms with Crippen LogP contribution in [0.4, 0.5) is 0 Å². The van der Waals surface area contributed by atoms with Crippen molar-refractivity contribution in [2.75, 3.05) is 21.1 Å². The van der Waals surface area contributed by atoms with Crippen LogP contribution in [0.25, 0.3) is 0 Å². The molecule has 0 aromatic rings. The Morgan fingerprint density at radius 1 is 0.897 bits per heavy atom. The van der Waals surface area contributed by atoms with E-state index in [0.717, 1.165) is 29.7 Å². The van der Waals surface area contributed by atoms with E-state index in [9.17, 15) is 4.79 Å². The van der Waals surface area contributed by atoms with E-state index < -0.39 is 0 Å². The number of fused-ring (bicyclic) bond motifs is 5. The fourth-order valence-electron chi connectivity index (χ4n) is 9.09. The van der Waals surface area contributed by atoms with Crippen molar-refractivity contribution in [2.24, 2.45) is 40.4 Å². The van der Waals surface area contributed by atoms with Crippen LogP contribution in [0.5, 0.6) is 0 Å². The molecule has 0 heterocycles. The number of hydrogen-bond acceptors (Lipinski definition) is 2. The molecule has 3 heteroatoms. The summed E-state index contributed by atoms with van der Waals surface area (Å²) in [6, 6.07) is 1.18. The monoisotopic (exact) mass is 402 g/mol. The van der Waals surface area contributed by atoms with Crippen LogP contribution in [0.3, 0.4) is 0 Å². The molecular weight excluding hydrogens is 356 g/mol. The lowest BCUT2D eigenvalue weighted by Crippen LogP contribution is -2.56. The van der Waals surface area contributed by atoms with Crippen molar-refractivity contribution in [1.82, 2.24) is 9.80 Å². The molecule has 0 spiro atoms. The van der Waals surface area contributed by atoms with Gasteiger partial charge in [-0.05, 0) is 119 Å². The van der Waals surface area contributed by atoms with Gasteiger partial charge >= 0.3 is 0 Å². The maximum Gasteiger partial charge on any atom is 0.219 e. The van der Waals surface area contributed by atoms with Gasteiger partial charge in [-0.1, -0.05) is 13.8 Å². The summed E-state index contributed by atoms with van der Waals surface area (Å²) in [5.74, 6) is 4.61. The van der Waals surface area contributed by atoms with Crippen LogP contribution in [0.2, 0.25) is 0 Å². The molecular formula is C26H46N2O. The number of nitrogens with zero attached hydrogens (tertiary/aromatic N) is 2. The van der Waals surface area contributed by atoms with Gasteiger partial charge < -0.3 is 9.80 Å². The molecule has 1 amide bonds. The minimum absolute atomic E-state index is 0.226. The summed E-state index contributed by atoms with van der Waals surface area (Å²) >= 11 is 0. The minimum atomic E-state index is 0.226. The van der Waals surface area contributed by atoms with Gasteiger partial charge in [-0.2, -0.15) is 0 Å². The molecule has 29 heavy (non-hydrogen) atoms. The molecule has 4 fully saturated rings. The molecule has 3 nitrogen and oxygen atoms in total. The van der Waals surface area contributed by atoms with Crippen LogP contribution in [0.1, 0.15) is 85.5 Å². The Morgan fingerprint density at radius 3 is 2.21 bits per heavy atom. The fraction of sp³-hybridized carbons (Fsp3) is 0.962. The SMILES string of the molecule is CC(=O)N(C)[C@H](C)[C@H]1CC[C@H]2[C@@H]3CC[C@H]4C[C@@H](N(C)C)CC[C@]4(C)[C@H]3CC[C@]12C. The van der Waals surface area contributed by atoms with Crippen LogP contribution >= 0.6 is 0 Å². The van der Waals surface area contributed by atoms with Gasteiger partial charge in [0.05, 0.1) is 0 Å². The maximum atomic E-state index is 12.0. The number of carbonyl (C=O) groups excluding carboxylic acids is 1. The number of amides is 1. The Labute approximate surface area is 180 Å². The number of rotatable bonds is 3. The number of carbonyl (C=O) groups is 1. The zero-order chi connectivity index (χ0) is 21.1. The van der Waals surface area contributed by atoms with Gasteiger partial charge in [0.1, 0.15) is 0 Å². The van der Waals surface area contributed by atoms with E-state index >= 15 is 0 Å². The van der Waals surface area contributed by atoms with Crippen molar-refractivity contribution in [2.45, 2.75) is 97.6 Å². The van der Waals surface area contributed by atoms with Gasteiger partial charge in [0.25, 0.3) is 0 Å². The third kappa shape index (κ3) is 3.29. The first kappa shape index (κ1) is 21.7. The van der Waals surface area contributed by atoms with Crippen LogP contribution in [0.15, 0.2) is 0 Å². The summed E-state index contributed by atoms with van der Waals surface area (Å²) < 4.78 is 0. The molecule has 4 rings (SSSR count). The lowest BCUT2D eigenvalue weighted by atomic mass is 9.44. The van der Waals surface area contributed by atoms with E-state index in [1.807, 2.05) is 11.9 Å². The maximum absolute atomic E-state index is 12.0. The van der Waals surface area contributed by atoms with Crippen molar-refractivity contribution in [3.8, 4) is 0 Å². The van der Waals surface area contributed by atoms with Crippen molar-refractivity contribution in [3.63, 3.8) is 0 Å². The standard InChI is InChI=1S/C26H46N2O/c1-17(28(7)18(2)29)22-10-11-23-21-9-8-19-16-20(27(5)6)12-14-25(19,3)24(21)13-15-26(22,23)4/h17,19-24H,8-16H2,1-7H3/t17-,19+,20+,21+,22-,23+,24+,25+,26-/m1/s1. The van der Waals surface area contributed by atoms with Crippen LogP contribution < -0.4 is 0 Å². The van der Waals surface area contributed by atoms with E-state index in [-0.39, 0.29) is 5.91 Å². The lowest BCUT2D eigenvalue weighted by molar-refractivity contribution is -0.135. The quantitative estimate of drug-likeness (QED) is 0.627. The highest BCUT2D eigenvalue weighted by molar-refractivity contribution is 5.73. The molecule has 0 N–H and O–H groups in total. The second-order valence-corrected chi connectivity index (χ2v) is 12.1. The summed E-state index contributed by atoms with van der Waals surface area (Å²) in [5, 5.41) is 0. The van der Waals surface area contributed by atoms with Crippen molar-refractivity contribution >= 4 is 5.91 Å². The molecule has 4 saturated carbocycles. The molecule has 0 aromatic heterocycles. The molecule has 166 valence electrons. The topological polar surface area (TPSA) is 23.6 Å². The molecule has 0 bridgehead atoms. The zero-order valence-corrected chi connectivity index (χ0v) is 20.2. The van der Waals surface area contributed by atoms with E-state index in [4.69, 9.17) is 0 Å². The zero-order valence-electron chi connectivity index (χ0n) is 20.2. The first-order chi connectivity index (χ1) is 13.6. The molecule has 9 atom stereocenters. The fourth-order valence-corrected chi connectivity index (χ4v) is 9.09. The molecule has 0 unspecified atom stereocenters. The van der Waals surface area contributed by atoms with Gasteiger partial charge in [-0.3, -0.25) is 4.79 Å². The highest BCUT2D eigenvalue weighted by atomic mass is 16.2. The van der Waals surface area contributed by atoms with Gasteiger partial charge in [-0.15, -0.1) is 0 Å². The van der Waals surface area contributed by atoms with E-state index in [1.165, 1.54) is 57.8 Å². The summed E-state index contributed by atoms with van der Waals surface area (Å²) in [6.45, 7) is 9.33. The van der Waals surface area contributed by atoms with E-state index in [2.05, 4.69) is 39.8 Å². The lowest BCUT2D eigenvalue weighted by Gasteiger charge is -2.62. The van der Waals surface area contributed by atoms with E-state index in [1.54, 1.807) is 6.92 Å². The molecule has 4 aliphatic rings. The average molecular weight is 403 g/mol. The molecule has 0 aliphatic heterocycles. The van der Waals surface area contributed by atoms with Crippen LogP contribution in [-0.2, 0) is 4.79 Å². The second-order valence-electron chi connectivity index (χ2n) is 12.1. The van der Waals surface area contributed by atoms with Gasteiger partial charge in [-0.25, -0.2) is 0 Å². The summed E-state index contributed by atoms with van der Waals surface area (Å²) in [7, 11) is 6.58. The average Bonchev–Trinajstić information content (AvgIpc) is 3.03. The Hall–Kier alpha value is -0.570. The molecule has 4 aliphatic carbocycles. The second kappa shape index (κ2) is 7.53. The Bertz CT molecular complexity index is 632. The third-order valence-corrected chi connectivity index (χ3v) is 11.1. The Morgan fingerprint density at radius 2 is 1.55 bits per heavy atom. The Balaban J connectivity index is 1.53. The van der Waals surface area contributed by atoms with Crippen molar-refractivity contribution < 1.29 is 4.79 Å². The van der Waals surface area contributed by atoms with Crippen molar-refractivity contribution in [1.29, 1.82) is 0 Å². The van der Waals surface area contributed by atoms with Gasteiger partial charge in [0.15, 0.2) is 0 Å². The van der Waals surface area contributed by atoms with Gasteiger partial charge in [0.2, 0.25) is 5.91 Å². The van der Waals surface area contributed by atoms with Crippen LogP contribution in [-0.4, -0.2) is 48.9 Å². The van der Waals surface area contributed by atoms with Crippen LogP contribution in [0, 0.1) is 40.4 Å². The summed E-state index contributed by atoms with van der Waals surface area (Å²) in [6.07, 6.45) is 12.7.